The van der Waals surface area contributed by atoms with Crippen molar-refractivity contribution in [3.05, 3.63) is 54.1 Å². The van der Waals surface area contributed by atoms with Gasteiger partial charge in [-0.15, -0.1) is 11.3 Å². The first kappa shape index (κ1) is 10.9. The van der Waals surface area contributed by atoms with E-state index in [0.29, 0.717) is 6.42 Å². The lowest BCUT2D eigenvalue weighted by atomic mass is 10.1. The number of rotatable bonds is 2. The predicted molar refractivity (Wildman–Crippen MR) is 74.4 cm³/mol. The number of fused-ring (bicyclic) bond motifs is 1. The van der Waals surface area contributed by atoms with Crippen LogP contribution in [-0.2, 0) is 6.42 Å². The third-order valence-corrected chi connectivity index (χ3v) is 3.88. The molecule has 3 heteroatoms. The van der Waals surface area contributed by atoms with Crippen molar-refractivity contribution >= 4 is 21.6 Å². The minimum atomic E-state index is 0.423. The second kappa shape index (κ2) is 4.59. The van der Waals surface area contributed by atoms with Gasteiger partial charge in [0.15, 0.2) is 0 Å². The number of nitrogens with zero attached hydrogens (tertiary/aromatic N) is 2. The minimum absolute atomic E-state index is 0.423. The smallest absolute Gasteiger partial charge is 0.124 e. The molecule has 86 valence electrons. The minimum Gasteiger partial charge on any atom is -0.236 e. The van der Waals surface area contributed by atoms with Gasteiger partial charge >= 0.3 is 0 Å². The zero-order chi connectivity index (χ0) is 12.4. The third-order valence-electron chi connectivity index (χ3n) is 2.81. The van der Waals surface area contributed by atoms with E-state index in [4.69, 9.17) is 5.26 Å². The molecule has 0 spiro atoms. The van der Waals surface area contributed by atoms with Crippen molar-refractivity contribution in [2.24, 2.45) is 0 Å². The lowest BCUT2D eigenvalue weighted by Crippen LogP contribution is -1.86. The summed E-state index contributed by atoms with van der Waals surface area (Å²) in [5.41, 5.74) is 3.13. The molecule has 0 amide bonds. The van der Waals surface area contributed by atoms with Gasteiger partial charge in [-0.2, -0.15) is 5.26 Å². The predicted octanol–water partition coefficient (Wildman–Crippen LogP) is 4.03. The Hall–Kier alpha value is -2.18. The first-order valence-electron chi connectivity index (χ1n) is 5.69. The number of nitriles is 1. The third kappa shape index (κ3) is 1.87. The quantitative estimate of drug-likeness (QED) is 0.688. The number of hydrogen-bond donors (Lipinski definition) is 0. The van der Waals surface area contributed by atoms with Crippen LogP contribution in [0.5, 0.6) is 0 Å². The summed E-state index contributed by atoms with van der Waals surface area (Å²) in [6, 6.07) is 18.3. The summed E-state index contributed by atoms with van der Waals surface area (Å²) in [5, 5.41) is 9.85. The fraction of sp³-hybridized carbons (Fsp3) is 0.0667. The van der Waals surface area contributed by atoms with E-state index in [-0.39, 0.29) is 0 Å². The molecule has 18 heavy (non-hydrogen) atoms. The van der Waals surface area contributed by atoms with Crippen molar-refractivity contribution in [2.45, 2.75) is 6.42 Å². The van der Waals surface area contributed by atoms with E-state index >= 15 is 0 Å². The number of thiazole rings is 1. The molecule has 0 unspecified atom stereocenters. The molecule has 0 fully saturated rings. The van der Waals surface area contributed by atoms with Crippen LogP contribution in [0, 0.1) is 11.3 Å². The second-order valence-electron chi connectivity index (χ2n) is 3.98. The molecule has 3 rings (SSSR count). The molecule has 2 nitrogen and oxygen atoms in total. The summed E-state index contributed by atoms with van der Waals surface area (Å²) < 4.78 is 1.18. The normalized spacial score (nSPS) is 10.4. The maximum Gasteiger partial charge on any atom is 0.124 e. The highest BCUT2D eigenvalue weighted by Crippen LogP contribution is 2.32. The molecule has 0 radical (unpaired) electrons. The van der Waals surface area contributed by atoms with Crippen LogP contribution in [-0.4, -0.2) is 4.98 Å². The van der Waals surface area contributed by atoms with Gasteiger partial charge in [-0.1, -0.05) is 36.4 Å². The lowest BCUT2D eigenvalue weighted by Gasteiger charge is -2.01. The lowest BCUT2D eigenvalue weighted by molar-refractivity contribution is 1.26. The van der Waals surface area contributed by atoms with Gasteiger partial charge in [-0.3, -0.25) is 0 Å². The Labute approximate surface area is 109 Å². The van der Waals surface area contributed by atoms with Gasteiger partial charge in [0.25, 0.3) is 0 Å². The molecule has 0 saturated heterocycles. The van der Waals surface area contributed by atoms with Crippen molar-refractivity contribution in [2.75, 3.05) is 0 Å². The molecule has 2 aromatic carbocycles. The fourth-order valence-corrected chi connectivity index (χ4v) is 2.98. The van der Waals surface area contributed by atoms with E-state index < -0.39 is 0 Å². The zero-order valence-electron chi connectivity index (χ0n) is 9.63. The van der Waals surface area contributed by atoms with Crippen LogP contribution >= 0.6 is 11.3 Å². The van der Waals surface area contributed by atoms with Gasteiger partial charge in [0.1, 0.15) is 5.01 Å². The monoisotopic (exact) mass is 250 g/mol. The van der Waals surface area contributed by atoms with Gasteiger partial charge in [-0.05, 0) is 17.7 Å². The molecule has 0 aliphatic heterocycles. The largest absolute Gasteiger partial charge is 0.236 e. The SMILES string of the molecule is N#CCc1ccccc1-c1nc2ccccc2s1. The summed E-state index contributed by atoms with van der Waals surface area (Å²) in [6.07, 6.45) is 0.423. The molecule has 0 aliphatic carbocycles. The van der Waals surface area contributed by atoms with E-state index in [1.807, 2.05) is 42.5 Å². The van der Waals surface area contributed by atoms with Crippen molar-refractivity contribution in [1.82, 2.24) is 4.98 Å². The van der Waals surface area contributed by atoms with E-state index in [0.717, 1.165) is 21.7 Å². The summed E-state index contributed by atoms with van der Waals surface area (Å²) in [6.45, 7) is 0. The number of para-hydroxylation sites is 1. The average Bonchev–Trinajstić information content (AvgIpc) is 2.83. The molecular formula is C15H10N2S. The standard InChI is InChI=1S/C15H10N2S/c16-10-9-11-5-1-2-6-12(11)15-17-13-7-3-4-8-14(13)18-15/h1-8H,9H2. The zero-order valence-corrected chi connectivity index (χ0v) is 10.4. The van der Waals surface area contributed by atoms with Crippen LogP contribution in [0.15, 0.2) is 48.5 Å². The second-order valence-corrected chi connectivity index (χ2v) is 5.01. The summed E-state index contributed by atoms with van der Waals surface area (Å²) in [4.78, 5) is 4.63. The number of hydrogen-bond acceptors (Lipinski definition) is 3. The molecule has 1 heterocycles. The van der Waals surface area contributed by atoms with Crippen LogP contribution in [0.4, 0.5) is 0 Å². The van der Waals surface area contributed by atoms with Gasteiger partial charge in [0.05, 0.1) is 22.7 Å². The summed E-state index contributed by atoms with van der Waals surface area (Å²) in [7, 11) is 0. The van der Waals surface area contributed by atoms with Crippen molar-refractivity contribution in [3.63, 3.8) is 0 Å². The molecule has 0 atom stereocenters. The Balaban J connectivity index is 2.17. The Morgan fingerprint density at radius 1 is 1.06 bits per heavy atom. The highest BCUT2D eigenvalue weighted by Gasteiger charge is 2.09. The van der Waals surface area contributed by atoms with Gasteiger partial charge in [0, 0.05) is 5.56 Å². The highest BCUT2D eigenvalue weighted by molar-refractivity contribution is 7.21. The Morgan fingerprint density at radius 3 is 2.67 bits per heavy atom. The Bertz CT molecular complexity index is 704. The van der Waals surface area contributed by atoms with Gasteiger partial charge < -0.3 is 0 Å². The van der Waals surface area contributed by atoms with Crippen molar-refractivity contribution in [1.29, 1.82) is 5.26 Å². The van der Waals surface area contributed by atoms with Crippen LogP contribution in [0.3, 0.4) is 0 Å². The Morgan fingerprint density at radius 2 is 1.83 bits per heavy atom. The molecule has 3 aromatic rings. The van der Waals surface area contributed by atoms with E-state index in [1.54, 1.807) is 11.3 Å². The molecule has 0 bridgehead atoms. The Kier molecular flexibility index (Phi) is 2.79. The van der Waals surface area contributed by atoms with Crippen molar-refractivity contribution in [3.8, 4) is 16.6 Å². The van der Waals surface area contributed by atoms with E-state index in [2.05, 4.69) is 17.1 Å². The summed E-state index contributed by atoms with van der Waals surface area (Å²) >= 11 is 1.67. The molecule has 0 saturated carbocycles. The summed E-state index contributed by atoms with van der Waals surface area (Å²) in [5.74, 6) is 0. The van der Waals surface area contributed by atoms with Crippen LogP contribution < -0.4 is 0 Å². The fourth-order valence-electron chi connectivity index (χ4n) is 1.96. The average molecular weight is 250 g/mol. The first-order valence-corrected chi connectivity index (χ1v) is 6.51. The van der Waals surface area contributed by atoms with Gasteiger partial charge in [0.2, 0.25) is 0 Å². The van der Waals surface area contributed by atoms with Crippen LogP contribution in [0.2, 0.25) is 0 Å². The van der Waals surface area contributed by atoms with E-state index in [9.17, 15) is 0 Å². The maximum atomic E-state index is 8.86. The first-order chi connectivity index (χ1) is 8.88. The van der Waals surface area contributed by atoms with Crippen LogP contribution in [0.25, 0.3) is 20.8 Å². The molecule has 1 aromatic heterocycles. The number of benzene rings is 2. The topological polar surface area (TPSA) is 36.7 Å². The van der Waals surface area contributed by atoms with Gasteiger partial charge in [-0.25, -0.2) is 4.98 Å². The molecule has 0 aliphatic rings. The highest BCUT2D eigenvalue weighted by atomic mass is 32.1. The van der Waals surface area contributed by atoms with E-state index in [1.165, 1.54) is 4.70 Å². The molecular weight excluding hydrogens is 240 g/mol. The van der Waals surface area contributed by atoms with Crippen LogP contribution in [0.1, 0.15) is 5.56 Å². The number of aromatic nitrogens is 1. The molecule has 0 N–H and O–H groups in total. The van der Waals surface area contributed by atoms with Crippen molar-refractivity contribution < 1.29 is 0 Å². The maximum absolute atomic E-state index is 8.86.